The lowest BCUT2D eigenvalue weighted by atomic mass is 10.1. The van der Waals surface area contributed by atoms with Crippen LogP contribution in [0.25, 0.3) is 10.7 Å². The zero-order valence-corrected chi connectivity index (χ0v) is 17.3. The van der Waals surface area contributed by atoms with E-state index in [2.05, 4.69) is 25.6 Å². The van der Waals surface area contributed by atoms with E-state index in [1.807, 2.05) is 23.6 Å². The number of aromatic nitrogens is 4. The van der Waals surface area contributed by atoms with Gasteiger partial charge in [0.2, 0.25) is 5.82 Å². The topological polar surface area (TPSA) is 58.9 Å². The summed E-state index contributed by atoms with van der Waals surface area (Å²) in [7, 11) is 0. The van der Waals surface area contributed by atoms with E-state index in [4.69, 9.17) is 35.4 Å². The summed E-state index contributed by atoms with van der Waals surface area (Å²) in [6, 6.07) is 9.52. The molecule has 0 radical (unpaired) electrons. The smallest absolute Gasteiger partial charge is 0.214 e. The van der Waals surface area contributed by atoms with Crippen LogP contribution in [0.3, 0.4) is 0 Å². The Balaban J connectivity index is 1.35. The molecule has 0 saturated carbocycles. The summed E-state index contributed by atoms with van der Waals surface area (Å²) in [5.74, 6) is 0.682. The van der Waals surface area contributed by atoms with Gasteiger partial charge in [-0.15, -0.1) is 21.5 Å². The molecular weight excluding hydrogens is 423 g/mol. The Hall–Kier alpha value is -1.74. The molecule has 0 amide bonds. The average molecular weight is 439 g/mol. The summed E-state index contributed by atoms with van der Waals surface area (Å²) in [6.45, 7) is 1.63. The second-order valence-corrected chi connectivity index (χ2v) is 8.36. The summed E-state index contributed by atoms with van der Waals surface area (Å²) in [5.41, 5.74) is 0.756. The number of anilines is 1. The second-order valence-electron chi connectivity index (χ2n) is 6.18. The molecular formula is C17H16Cl2N6S2. The summed E-state index contributed by atoms with van der Waals surface area (Å²) in [6.07, 6.45) is 1.80. The van der Waals surface area contributed by atoms with Gasteiger partial charge in [-0.2, -0.15) is 4.80 Å². The molecule has 140 valence electrons. The highest BCUT2D eigenvalue weighted by molar-refractivity contribution is 7.80. The van der Waals surface area contributed by atoms with Crippen molar-refractivity contribution in [3.05, 3.63) is 45.8 Å². The highest BCUT2D eigenvalue weighted by Crippen LogP contribution is 2.27. The van der Waals surface area contributed by atoms with Crippen LogP contribution in [0.5, 0.6) is 0 Å². The van der Waals surface area contributed by atoms with Crippen molar-refractivity contribution in [3.63, 3.8) is 0 Å². The number of tetrazole rings is 1. The monoisotopic (exact) mass is 438 g/mol. The molecule has 6 nitrogen and oxygen atoms in total. The third-order valence-electron chi connectivity index (χ3n) is 4.42. The second kappa shape index (κ2) is 8.10. The van der Waals surface area contributed by atoms with E-state index in [0.29, 0.717) is 21.0 Å². The molecule has 1 fully saturated rings. The molecule has 1 aromatic carbocycles. The predicted molar refractivity (Wildman–Crippen MR) is 114 cm³/mol. The largest absolute Gasteiger partial charge is 0.349 e. The molecule has 1 aliphatic rings. The molecule has 0 atom stereocenters. The Bertz CT molecular complexity index is 935. The standard InChI is InChI=1S/C17H16Cl2N6S2/c18-11-3-4-14(13(19)10-11)20-17(26)24-7-5-12(6-8-24)25-22-16(21-23-25)15-2-1-9-27-15/h1-4,9-10,12H,5-8H2,(H,20,26). The lowest BCUT2D eigenvalue weighted by Crippen LogP contribution is -2.41. The van der Waals surface area contributed by atoms with E-state index < -0.39 is 0 Å². The van der Waals surface area contributed by atoms with Gasteiger partial charge < -0.3 is 10.2 Å². The molecule has 1 saturated heterocycles. The first-order chi connectivity index (χ1) is 13.1. The number of hydrogen-bond donors (Lipinski definition) is 1. The van der Waals surface area contributed by atoms with Crippen LogP contribution in [-0.2, 0) is 0 Å². The van der Waals surface area contributed by atoms with Gasteiger partial charge in [0.25, 0.3) is 0 Å². The fourth-order valence-electron chi connectivity index (χ4n) is 2.97. The Morgan fingerprint density at radius 2 is 2.04 bits per heavy atom. The number of nitrogens with zero attached hydrogens (tertiary/aromatic N) is 5. The number of likely N-dealkylation sites (tertiary alicyclic amines) is 1. The zero-order valence-electron chi connectivity index (χ0n) is 14.2. The number of halogens is 2. The van der Waals surface area contributed by atoms with Gasteiger partial charge in [-0.1, -0.05) is 29.3 Å². The maximum absolute atomic E-state index is 6.21. The van der Waals surface area contributed by atoms with E-state index >= 15 is 0 Å². The van der Waals surface area contributed by atoms with Crippen LogP contribution in [0.2, 0.25) is 10.0 Å². The molecule has 1 N–H and O–H groups in total. The molecule has 0 unspecified atom stereocenters. The van der Waals surface area contributed by atoms with Crippen LogP contribution < -0.4 is 5.32 Å². The molecule has 2 aromatic heterocycles. The van der Waals surface area contributed by atoms with E-state index in [1.54, 1.807) is 28.3 Å². The SMILES string of the molecule is S=C(Nc1ccc(Cl)cc1Cl)N1CCC(n2nnc(-c3cccs3)n2)CC1. The Morgan fingerprint density at radius 3 is 2.74 bits per heavy atom. The van der Waals surface area contributed by atoms with Crippen LogP contribution in [0.1, 0.15) is 18.9 Å². The van der Waals surface area contributed by atoms with Gasteiger partial charge in [-0.05, 0) is 59.9 Å². The normalized spacial score (nSPS) is 15.1. The van der Waals surface area contributed by atoms with Gasteiger partial charge in [0.05, 0.1) is 21.6 Å². The van der Waals surface area contributed by atoms with Gasteiger partial charge >= 0.3 is 0 Å². The van der Waals surface area contributed by atoms with Crippen molar-refractivity contribution >= 4 is 57.6 Å². The van der Waals surface area contributed by atoms with E-state index in [9.17, 15) is 0 Å². The minimum Gasteiger partial charge on any atom is -0.349 e. The third-order valence-corrected chi connectivity index (χ3v) is 6.19. The summed E-state index contributed by atoms with van der Waals surface area (Å²) in [4.78, 5) is 4.90. The van der Waals surface area contributed by atoms with Crippen LogP contribution in [0.4, 0.5) is 5.69 Å². The zero-order chi connectivity index (χ0) is 18.8. The van der Waals surface area contributed by atoms with E-state index in [-0.39, 0.29) is 6.04 Å². The first-order valence-electron chi connectivity index (χ1n) is 8.44. The molecule has 0 spiro atoms. The average Bonchev–Trinajstić information content (AvgIpc) is 3.35. The minimum absolute atomic E-state index is 0.226. The quantitative estimate of drug-likeness (QED) is 0.595. The summed E-state index contributed by atoms with van der Waals surface area (Å²) >= 11 is 19.3. The Labute approximate surface area is 176 Å². The number of rotatable bonds is 3. The highest BCUT2D eigenvalue weighted by atomic mass is 35.5. The molecule has 3 aromatic rings. The minimum atomic E-state index is 0.226. The fourth-order valence-corrected chi connectivity index (χ4v) is 4.37. The first-order valence-corrected chi connectivity index (χ1v) is 10.5. The summed E-state index contributed by atoms with van der Waals surface area (Å²) in [5, 5.41) is 20.0. The van der Waals surface area contributed by atoms with Crippen molar-refractivity contribution in [2.45, 2.75) is 18.9 Å². The van der Waals surface area contributed by atoms with Gasteiger partial charge in [-0.3, -0.25) is 0 Å². The number of thiocarbonyl (C=S) groups is 1. The van der Waals surface area contributed by atoms with Crippen LogP contribution in [0.15, 0.2) is 35.7 Å². The van der Waals surface area contributed by atoms with Crippen LogP contribution >= 0.6 is 46.8 Å². The van der Waals surface area contributed by atoms with Crippen molar-refractivity contribution in [2.24, 2.45) is 0 Å². The van der Waals surface area contributed by atoms with Crippen molar-refractivity contribution in [1.82, 2.24) is 25.1 Å². The number of thiophene rings is 1. The molecule has 4 rings (SSSR count). The maximum atomic E-state index is 6.21. The predicted octanol–water partition coefficient (Wildman–Crippen LogP) is 4.74. The Morgan fingerprint density at radius 1 is 1.22 bits per heavy atom. The van der Waals surface area contributed by atoms with Gasteiger partial charge in [-0.25, -0.2) is 0 Å². The number of benzene rings is 1. The third kappa shape index (κ3) is 4.24. The molecule has 0 bridgehead atoms. The number of piperidine rings is 1. The van der Waals surface area contributed by atoms with Gasteiger partial charge in [0.1, 0.15) is 0 Å². The summed E-state index contributed by atoms with van der Waals surface area (Å²) < 4.78 is 0. The molecule has 27 heavy (non-hydrogen) atoms. The van der Waals surface area contributed by atoms with Crippen molar-refractivity contribution in [1.29, 1.82) is 0 Å². The number of hydrogen-bond acceptors (Lipinski definition) is 5. The number of nitrogens with one attached hydrogen (secondary N) is 1. The van der Waals surface area contributed by atoms with E-state index in [0.717, 1.165) is 36.5 Å². The molecule has 1 aliphatic heterocycles. The maximum Gasteiger partial charge on any atom is 0.214 e. The van der Waals surface area contributed by atoms with Crippen molar-refractivity contribution in [3.8, 4) is 10.7 Å². The molecule has 10 heteroatoms. The van der Waals surface area contributed by atoms with Crippen molar-refractivity contribution in [2.75, 3.05) is 18.4 Å². The van der Waals surface area contributed by atoms with Crippen LogP contribution in [0, 0.1) is 0 Å². The van der Waals surface area contributed by atoms with E-state index in [1.165, 1.54) is 0 Å². The molecule has 0 aliphatic carbocycles. The fraction of sp³-hybridized carbons (Fsp3) is 0.294. The Kier molecular flexibility index (Phi) is 5.58. The first kappa shape index (κ1) is 18.6. The van der Waals surface area contributed by atoms with Gasteiger partial charge in [0.15, 0.2) is 5.11 Å². The van der Waals surface area contributed by atoms with Crippen LogP contribution in [-0.4, -0.2) is 43.3 Å². The van der Waals surface area contributed by atoms with Crippen molar-refractivity contribution < 1.29 is 0 Å². The van der Waals surface area contributed by atoms with Gasteiger partial charge in [0, 0.05) is 18.1 Å². The molecule has 3 heterocycles. The lowest BCUT2D eigenvalue weighted by molar-refractivity contribution is 0.238. The highest BCUT2D eigenvalue weighted by Gasteiger charge is 2.24. The lowest BCUT2D eigenvalue weighted by Gasteiger charge is -2.33.